The Morgan fingerprint density at radius 2 is 0.902 bits per heavy atom. The van der Waals surface area contributed by atoms with E-state index in [-0.39, 0.29) is 64.2 Å². The summed E-state index contributed by atoms with van der Waals surface area (Å²) >= 11 is 0. The third-order valence-electron chi connectivity index (χ3n) is 6.81. The summed E-state index contributed by atoms with van der Waals surface area (Å²) in [6.45, 7) is 24.4. The fraction of sp³-hybridized carbons (Fsp3) is 0.658. The molecule has 13 heteroatoms. The van der Waals surface area contributed by atoms with Crippen molar-refractivity contribution in [2.45, 2.75) is 153 Å². The first-order valence-corrected chi connectivity index (χ1v) is 19.6. The molecule has 0 bridgehead atoms. The van der Waals surface area contributed by atoms with E-state index < -0.39 is 17.9 Å². The second-order valence-electron chi connectivity index (χ2n) is 10.9. The van der Waals surface area contributed by atoms with Gasteiger partial charge in [-0.15, -0.1) is 0 Å². The molecule has 2 unspecified atom stereocenters. The number of rotatable bonds is 14. The molecule has 304 valence electrons. The molecule has 0 saturated heterocycles. The number of halogens is 6. The number of hydrogen-bond donors (Lipinski definition) is 0. The number of nitrogens with zero attached hydrogens (tertiary/aromatic N) is 1. The van der Waals surface area contributed by atoms with Crippen molar-refractivity contribution in [2.75, 3.05) is 19.6 Å². The van der Waals surface area contributed by atoms with Gasteiger partial charge in [0, 0.05) is 0 Å². The van der Waals surface area contributed by atoms with Crippen LogP contribution in [0.15, 0.2) is 59.5 Å². The van der Waals surface area contributed by atoms with E-state index in [1.165, 1.54) is 82.3 Å². The Balaban J connectivity index is -0.0000000785. The van der Waals surface area contributed by atoms with Crippen LogP contribution >= 0.6 is 7.81 Å². The first-order chi connectivity index (χ1) is 21.1. The maximum absolute atomic E-state index is 10.7. The van der Waals surface area contributed by atoms with Gasteiger partial charge in [-0.2, -0.15) is 0 Å². The molecule has 2 rings (SSSR count). The van der Waals surface area contributed by atoms with Crippen molar-refractivity contribution < 1.29 is 67.7 Å². The van der Waals surface area contributed by atoms with Gasteiger partial charge in [-0.1, -0.05) is 140 Å². The van der Waals surface area contributed by atoms with Crippen LogP contribution in [-0.4, -0.2) is 37.5 Å². The maximum atomic E-state index is 10.6. The molecule has 0 aromatic heterocycles. The molecule has 0 spiro atoms. The van der Waals surface area contributed by atoms with Crippen LogP contribution in [0.5, 0.6) is 0 Å². The molecule has 0 radical (unpaired) electrons. The smallest absolute Gasteiger partial charge is 0.0583 e. The first-order valence-electron chi connectivity index (χ1n) is 16.2. The first kappa shape index (κ1) is 68.2. The Morgan fingerprint density at radius 3 is 1.14 bits per heavy atom. The molecule has 0 heterocycles. The molecule has 0 amide bonds. The van der Waals surface area contributed by atoms with Gasteiger partial charge in [0.15, 0.2) is 0 Å². The van der Waals surface area contributed by atoms with Crippen LogP contribution in [0.2, 0.25) is 0 Å². The fourth-order valence-corrected chi connectivity index (χ4v) is 4.17. The number of unbranched alkanes of at least 4 members (excludes halogenated alkanes) is 3. The molecular weight excluding hydrogens is 718 g/mol. The zero-order valence-corrected chi connectivity index (χ0v) is 33.8. The molecule has 0 aliphatic rings. The molecule has 51 heavy (non-hydrogen) atoms. The molecule has 2 atom stereocenters. The SMILES string of the molecule is C.C.C.C.CCC(C)c1ccc(S(=O)(=O)[O-])cc1.CCC(C)c1ccccc1.CCCCN(CCCC)CCCC.F[P-](F)(F)(F)(F)F.[CH2+]C.[Na+]. The zero-order chi connectivity index (χ0) is 36.5. The summed E-state index contributed by atoms with van der Waals surface area (Å²) in [6.07, 6.45) is 10.3. The van der Waals surface area contributed by atoms with Gasteiger partial charge in [0.05, 0.1) is 18.7 Å². The summed E-state index contributed by atoms with van der Waals surface area (Å²) in [5.74, 6) is 1.10. The topological polar surface area (TPSA) is 60.4 Å². The third kappa shape index (κ3) is 49.2. The molecule has 0 N–H and O–H groups in total. The van der Waals surface area contributed by atoms with E-state index in [9.17, 15) is 38.2 Å². The van der Waals surface area contributed by atoms with Crippen molar-refractivity contribution in [2.24, 2.45) is 0 Å². The van der Waals surface area contributed by atoms with E-state index in [1.54, 1.807) is 19.1 Å². The minimum absolute atomic E-state index is 0. The van der Waals surface area contributed by atoms with Crippen molar-refractivity contribution in [3.05, 3.63) is 72.6 Å². The van der Waals surface area contributed by atoms with Crippen LogP contribution in [0.3, 0.4) is 0 Å². The zero-order valence-electron chi connectivity index (χ0n) is 30.1. The van der Waals surface area contributed by atoms with Crippen molar-refractivity contribution in [3.8, 4) is 0 Å². The molecular formula is C38H75F6NNaO3PS. The molecule has 0 fully saturated rings. The van der Waals surface area contributed by atoms with E-state index in [2.05, 4.69) is 90.6 Å². The van der Waals surface area contributed by atoms with Crippen molar-refractivity contribution in [3.63, 3.8) is 0 Å². The Bertz CT molecular complexity index is 1080. The van der Waals surface area contributed by atoms with Crippen molar-refractivity contribution in [1.29, 1.82) is 0 Å². The summed E-state index contributed by atoms with van der Waals surface area (Å²) < 4.78 is 91.1. The molecule has 0 aliphatic carbocycles. The molecule has 0 saturated carbocycles. The van der Waals surface area contributed by atoms with E-state index in [1.807, 2.05) is 0 Å². The molecule has 2 aromatic rings. The minimum atomic E-state index is -10.7. The Labute approximate surface area is 334 Å². The van der Waals surface area contributed by atoms with E-state index in [0.29, 0.717) is 11.8 Å². The van der Waals surface area contributed by atoms with Gasteiger partial charge >= 0.3 is 62.5 Å². The average Bonchev–Trinajstić information content (AvgIpc) is 3.00. The van der Waals surface area contributed by atoms with Gasteiger partial charge in [0.1, 0.15) is 10.1 Å². The average molecular weight is 794 g/mol. The predicted molar refractivity (Wildman–Crippen MR) is 211 cm³/mol. The van der Waals surface area contributed by atoms with E-state index >= 15 is 0 Å². The molecule has 4 nitrogen and oxygen atoms in total. The fourth-order valence-electron chi connectivity index (χ4n) is 3.70. The van der Waals surface area contributed by atoms with Crippen molar-refractivity contribution >= 4 is 17.9 Å². The summed E-state index contributed by atoms with van der Waals surface area (Å²) in [7, 11) is -15.0. The summed E-state index contributed by atoms with van der Waals surface area (Å²) in [5, 5.41) is 0. The van der Waals surface area contributed by atoms with Crippen LogP contribution < -0.4 is 29.6 Å². The third-order valence-corrected chi connectivity index (χ3v) is 7.66. The van der Waals surface area contributed by atoms with Crippen molar-refractivity contribution in [1.82, 2.24) is 4.90 Å². The summed E-state index contributed by atoms with van der Waals surface area (Å²) in [4.78, 5) is 2.47. The number of benzene rings is 2. The monoisotopic (exact) mass is 794 g/mol. The summed E-state index contributed by atoms with van der Waals surface area (Å²) in [6, 6.07) is 16.8. The van der Waals surface area contributed by atoms with Gasteiger partial charge in [-0.3, -0.25) is 0 Å². The number of hydrogen-bond acceptors (Lipinski definition) is 4. The van der Waals surface area contributed by atoms with Gasteiger partial charge < -0.3 is 9.45 Å². The quantitative estimate of drug-likeness (QED) is 0.0628. The normalized spacial score (nSPS) is 12.5. The van der Waals surface area contributed by atoms with Crippen LogP contribution in [0, 0.1) is 6.92 Å². The largest absolute Gasteiger partial charge is 1.00 e. The standard InChI is InChI=1S/C12H27N.C10H14O3S.C10H14.C2H5.4CH4.F6P.Na/c1-4-7-10-13(11-8-5-2)12-9-6-3;1-3-8(2)9-4-6-10(7-5-9)14(11,12)13;1-3-9(2)10-7-5-4-6-8-10;1-2;;;;;1-7(2,3,4,5)6;/h4-12H2,1-3H3;4-8H,3H2,1-2H3,(H,11,12,13);4-9H,3H2,1-2H3;1H2,2H3;4*1H4;;/q;;;+1;;;;;-1;+1/p-1. The molecule has 0 aliphatic heterocycles. The van der Waals surface area contributed by atoms with Gasteiger partial charge in [0.25, 0.3) is 0 Å². The van der Waals surface area contributed by atoms with E-state index in [4.69, 9.17) is 0 Å². The van der Waals surface area contributed by atoms with Gasteiger partial charge in [-0.05, 0) is 86.8 Å². The Morgan fingerprint density at radius 1 is 0.627 bits per heavy atom. The van der Waals surface area contributed by atoms with Crippen LogP contribution in [-0.2, 0) is 10.1 Å². The van der Waals surface area contributed by atoms with Crippen LogP contribution in [0.1, 0.15) is 159 Å². The van der Waals surface area contributed by atoms with Crippen LogP contribution in [0.4, 0.5) is 25.2 Å². The minimum Gasteiger partial charge on any atom is 0.0583 e. The van der Waals surface area contributed by atoms with Crippen LogP contribution in [0.25, 0.3) is 0 Å². The Hall–Kier alpha value is -0.810. The second kappa shape index (κ2) is 33.7. The Kier molecular flexibility index (Phi) is 45.1. The van der Waals surface area contributed by atoms with Gasteiger partial charge in [0.2, 0.25) is 0 Å². The summed E-state index contributed by atoms with van der Waals surface area (Å²) in [5.41, 5.74) is 2.50. The van der Waals surface area contributed by atoms with E-state index in [0.717, 1.165) is 12.0 Å². The molecule has 2 aromatic carbocycles. The predicted octanol–water partition coefficient (Wildman–Crippen LogP) is 12.8. The van der Waals surface area contributed by atoms with Gasteiger partial charge in [-0.25, -0.2) is 8.42 Å². The second-order valence-corrected chi connectivity index (χ2v) is 14.2. The maximum Gasteiger partial charge on any atom is 1.00 e.